The lowest BCUT2D eigenvalue weighted by atomic mass is 10.1. The van der Waals surface area contributed by atoms with Crippen LogP contribution >= 0.6 is 24.8 Å². The van der Waals surface area contributed by atoms with E-state index in [0.717, 1.165) is 11.4 Å². The number of ether oxygens (including phenoxy) is 1. The van der Waals surface area contributed by atoms with Gasteiger partial charge in [0.2, 0.25) is 0 Å². The van der Waals surface area contributed by atoms with Crippen molar-refractivity contribution in [3.8, 4) is 5.75 Å². The summed E-state index contributed by atoms with van der Waals surface area (Å²) in [5, 5.41) is 13.5. The number of aliphatic hydroxyl groups is 1. The summed E-state index contributed by atoms with van der Waals surface area (Å²) in [6, 6.07) is 15.4. The Morgan fingerprint density at radius 3 is 2.44 bits per heavy atom. The van der Waals surface area contributed by atoms with E-state index in [1.54, 1.807) is 0 Å². The van der Waals surface area contributed by atoms with Gasteiger partial charge in [0.15, 0.2) is 0 Å². The first-order chi connectivity index (χ1) is 11.1. The van der Waals surface area contributed by atoms with E-state index in [0.29, 0.717) is 13.0 Å². The Morgan fingerprint density at radius 2 is 1.76 bits per heavy atom. The van der Waals surface area contributed by atoms with Crippen molar-refractivity contribution >= 4 is 30.5 Å². The van der Waals surface area contributed by atoms with Crippen LogP contribution in [0.3, 0.4) is 0 Å². The lowest BCUT2D eigenvalue weighted by molar-refractivity contribution is 0.0836. The fourth-order valence-electron chi connectivity index (χ4n) is 2.31. The number of nitrogens with two attached hydrogens (primary N) is 1. The summed E-state index contributed by atoms with van der Waals surface area (Å²) in [6.07, 6.45) is -0.0113. The number of benzene rings is 2. The van der Waals surface area contributed by atoms with E-state index < -0.39 is 6.10 Å². The molecule has 0 radical (unpaired) electrons. The Morgan fingerprint density at radius 1 is 1.08 bits per heavy atom. The minimum Gasteiger partial charge on any atom is -0.491 e. The van der Waals surface area contributed by atoms with Crippen LogP contribution in [0.1, 0.15) is 17.5 Å². The third kappa shape index (κ3) is 7.97. The normalized spacial score (nSPS) is 12.3. The minimum absolute atomic E-state index is 0. The summed E-state index contributed by atoms with van der Waals surface area (Å²) >= 11 is 0. The maximum atomic E-state index is 10.1. The number of aryl methyl sites for hydroxylation is 2. The summed E-state index contributed by atoms with van der Waals surface area (Å²) in [4.78, 5) is 0. The van der Waals surface area contributed by atoms with E-state index >= 15 is 0 Å². The standard InChI is InChI=1S/C19H26N2O2.2ClH/c1-14-8-9-15(2)18(12-14)21-11-10-17(20)19(22)13-23-16-6-4-3-5-7-16;;/h3-9,12,17,19,21-22H,10-11,13,20H2,1-2H3;2*1H. The van der Waals surface area contributed by atoms with Crippen LogP contribution in [0.2, 0.25) is 0 Å². The zero-order valence-corrected chi connectivity index (χ0v) is 16.3. The van der Waals surface area contributed by atoms with Gasteiger partial charge in [-0.05, 0) is 49.6 Å². The highest BCUT2D eigenvalue weighted by molar-refractivity contribution is 5.85. The van der Waals surface area contributed by atoms with Gasteiger partial charge in [-0.3, -0.25) is 0 Å². The van der Waals surface area contributed by atoms with Crippen molar-refractivity contribution in [2.75, 3.05) is 18.5 Å². The minimum atomic E-state index is -0.685. The van der Waals surface area contributed by atoms with E-state index in [9.17, 15) is 5.11 Å². The molecule has 0 saturated heterocycles. The van der Waals surface area contributed by atoms with Crippen LogP contribution in [0.4, 0.5) is 5.69 Å². The van der Waals surface area contributed by atoms with E-state index in [4.69, 9.17) is 10.5 Å². The topological polar surface area (TPSA) is 67.5 Å². The van der Waals surface area contributed by atoms with Gasteiger partial charge in [-0.1, -0.05) is 30.3 Å². The summed E-state index contributed by atoms with van der Waals surface area (Å²) in [5.41, 5.74) is 9.59. The summed E-state index contributed by atoms with van der Waals surface area (Å²) < 4.78 is 5.54. The molecule has 4 N–H and O–H groups in total. The molecule has 2 aromatic carbocycles. The number of halogens is 2. The molecular weight excluding hydrogens is 359 g/mol. The Labute approximate surface area is 162 Å². The van der Waals surface area contributed by atoms with E-state index in [1.807, 2.05) is 30.3 Å². The first kappa shape index (κ1) is 23.5. The summed E-state index contributed by atoms with van der Waals surface area (Å²) in [5.74, 6) is 0.743. The quantitative estimate of drug-likeness (QED) is 0.646. The van der Waals surface area contributed by atoms with Gasteiger partial charge in [0.25, 0.3) is 0 Å². The highest BCUT2D eigenvalue weighted by Crippen LogP contribution is 2.16. The van der Waals surface area contributed by atoms with Gasteiger partial charge in [0.05, 0.1) is 0 Å². The van der Waals surface area contributed by atoms with Gasteiger partial charge in [-0.15, -0.1) is 24.8 Å². The zero-order chi connectivity index (χ0) is 16.7. The molecule has 0 fully saturated rings. The third-order valence-electron chi connectivity index (χ3n) is 3.84. The van der Waals surface area contributed by atoms with Crippen molar-refractivity contribution in [1.82, 2.24) is 0 Å². The molecule has 0 spiro atoms. The number of para-hydroxylation sites is 1. The smallest absolute Gasteiger partial charge is 0.119 e. The molecule has 2 aromatic rings. The molecule has 0 aliphatic rings. The van der Waals surface area contributed by atoms with Crippen LogP contribution in [-0.2, 0) is 0 Å². The predicted octanol–water partition coefficient (Wildman–Crippen LogP) is 3.72. The molecule has 6 heteroatoms. The van der Waals surface area contributed by atoms with Gasteiger partial charge < -0.3 is 20.9 Å². The fourth-order valence-corrected chi connectivity index (χ4v) is 2.31. The lowest BCUT2D eigenvalue weighted by Crippen LogP contribution is -2.40. The molecule has 4 nitrogen and oxygen atoms in total. The van der Waals surface area contributed by atoms with Crippen molar-refractivity contribution in [3.05, 3.63) is 59.7 Å². The van der Waals surface area contributed by atoms with Crippen molar-refractivity contribution in [2.45, 2.75) is 32.4 Å². The maximum absolute atomic E-state index is 10.1. The van der Waals surface area contributed by atoms with Crippen molar-refractivity contribution in [1.29, 1.82) is 0 Å². The molecule has 140 valence electrons. The Hall–Kier alpha value is -1.46. The number of rotatable bonds is 8. The largest absolute Gasteiger partial charge is 0.491 e. The van der Waals surface area contributed by atoms with Crippen molar-refractivity contribution < 1.29 is 9.84 Å². The first-order valence-corrected chi connectivity index (χ1v) is 7.99. The molecule has 25 heavy (non-hydrogen) atoms. The SMILES string of the molecule is Cc1ccc(C)c(NCCC(N)C(O)COc2ccccc2)c1.Cl.Cl. The monoisotopic (exact) mass is 386 g/mol. The van der Waals surface area contributed by atoms with Gasteiger partial charge >= 0.3 is 0 Å². The molecule has 2 unspecified atom stereocenters. The number of hydrogen-bond donors (Lipinski definition) is 3. The number of nitrogens with one attached hydrogen (secondary N) is 1. The van der Waals surface area contributed by atoms with Crippen molar-refractivity contribution in [2.24, 2.45) is 5.73 Å². The maximum Gasteiger partial charge on any atom is 0.119 e. The second-order valence-electron chi connectivity index (χ2n) is 5.89. The van der Waals surface area contributed by atoms with Crippen LogP contribution in [0.15, 0.2) is 48.5 Å². The number of anilines is 1. The highest BCUT2D eigenvalue weighted by Gasteiger charge is 2.15. The van der Waals surface area contributed by atoms with E-state index in [1.165, 1.54) is 11.1 Å². The van der Waals surface area contributed by atoms with Crippen LogP contribution in [0.25, 0.3) is 0 Å². The molecule has 0 saturated carbocycles. The second-order valence-corrected chi connectivity index (χ2v) is 5.89. The van der Waals surface area contributed by atoms with Crippen molar-refractivity contribution in [3.63, 3.8) is 0 Å². The van der Waals surface area contributed by atoms with Gasteiger partial charge in [-0.25, -0.2) is 0 Å². The number of aliphatic hydroxyl groups excluding tert-OH is 1. The summed E-state index contributed by atoms with van der Waals surface area (Å²) in [6.45, 7) is 5.06. The molecule has 0 aromatic heterocycles. The average molecular weight is 387 g/mol. The number of hydrogen-bond acceptors (Lipinski definition) is 4. The summed E-state index contributed by atoms with van der Waals surface area (Å²) in [7, 11) is 0. The molecule has 0 aliphatic heterocycles. The average Bonchev–Trinajstić information content (AvgIpc) is 2.56. The lowest BCUT2D eigenvalue weighted by Gasteiger charge is -2.20. The first-order valence-electron chi connectivity index (χ1n) is 7.99. The Kier molecular flexibility index (Phi) is 11.3. The molecule has 0 amide bonds. The molecule has 2 rings (SSSR count). The molecule has 0 heterocycles. The van der Waals surface area contributed by atoms with Crippen LogP contribution < -0.4 is 15.8 Å². The van der Waals surface area contributed by atoms with Gasteiger partial charge in [0.1, 0.15) is 18.5 Å². The zero-order valence-electron chi connectivity index (χ0n) is 14.6. The van der Waals surface area contributed by atoms with Gasteiger partial charge in [0, 0.05) is 18.3 Å². The van der Waals surface area contributed by atoms with Crippen LogP contribution in [0.5, 0.6) is 5.75 Å². The predicted molar refractivity (Wildman–Crippen MR) is 109 cm³/mol. The molecule has 0 bridgehead atoms. The Balaban J connectivity index is 0.00000288. The van der Waals surface area contributed by atoms with Crippen LogP contribution in [-0.4, -0.2) is 30.4 Å². The third-order valence-corrected chi connectivity index (χ3v) is 3.84. The Bertz CT molecular complexity index is 612. The fraction of sp³-hybridized carbons (Fsp3) is 0.368. The van der Waals surface area contributed by atoms with Gasteiger partial charge in [-0.2, -0.15) is 0 Å². The molecule has 0 aliphatic carbocycles. The van der Waals surface area contributed by atoms with E-state index in [-0.39, 0.29) is 37.5 Å². The van der Waals surface area contributed by atoms with E-state index in [2.05, 4.69) is 37.4 Å². The van der Waals surface area contributed by atoms with Crippen LogP contribution in [0, 0.1) is 13.8 Å². The molecule has 2 atom stereocenters. The highest BCUT2D eigenvalue weighted by atomic mass is 35.5. The second kappa shape index (κ2) is 12.0. The molecular formula is C19H28Cl2N2O2.